The highest BCUT2D eigenvalue weighted by atomic mass is 32.2. The number of nitro groups is 1. The van der Waals surface area contributed by atoms with Crippen molar-refractivity contribution in [3.63, 3.8) is 0 Å². The number of carbonyl (C=O) groups is 2. The number of rotatable bonds is 7. The molecule has 25 heavy (non-hydrogen) atoms. The Kier molecular flexibility index (Phi) is 6.40. The molecule has 0 saturated carbocycles. The second-order valence-electron chi connectivity index (χ2n) is 4.77. The number of nitro benzene ring substituents is 1. The molecule has 1 heterocycles. The molecule has 1 aromatic carbocycles. The molecule has 10 heteroatoms. The van der Waals surface area contributed by atoms with Gasteiger partial charge in [-0.25, -0.2) is 0 Å². The van der Waals surface area contributed by atoms with Crippen LogP contribution in [0.1, 0.15) is 13.3 Å². The summed E-state index contributed by atoms with van der Waals surface area (Å²) in [5.74, 6) is -0.218. The molecule has 1 aromatic heterocycles. The number of amides is 2. The molecule has 0 spiro atoms. The van der Waals surface area contributed by atoms with Crippen molar-refractivity contribution in [2.24, 2.45) is 0 Å². The van der Waals surface area contributed by atoms with Crippen LogP contribution in [0.4, 0.5) is 17.2 Å². The molecule has 0 aliphatic carbocycles. The minimum absolute atomic E-state index is 0.0153. The summed E-state index contributed by atoms with van der Waals surface area (Å²) in [5, 5.41) is 24.2. The van der Waals surface area contributed by atoms with Crippen LogP contribution in [-0.2, 0) is 9.59 Å². The average molecular weight is 361 g/mol. The Balaban J connectivity index is 1.90. The summed E-state index contributed by atoms with van der Waals surface area (Å²) in [6.45, 7) is 1.72. The van der Waals surface area contributed by atoms with Crippen molar-refractivity contribution in [1.82, 2.24) is 10.2 Å². The highest BCUT2D eigenvalue weighted by molar-refractivity contribution is 7.99. The fourth-order valence-electron chi connectivity index (χ4n) is 1.76. The summed E-state index contributed by atoms with van der Waals surface area (Å²) in [6, 6.07) is 9.12. The zero-order valence-electron chi connectivity index (χ0n) is 13.3. The van der Waals surface area contributed by atoms with Crippen LogP contribution in [-0.4, -0.2) is 32.7 Å². The van der Waals surface area contributed by atoms with Gasteiger partial charge < -0.3 is 10.6 Å². The van der Waals surface area contributed by atoms with Crippen molar-refractivity contribution in [3.8, 4) is 0 Å². The summed E-state index contributed by atoms with van der Waals surface area (Å²) < 4.78 is 0. The quantitative estimate of drug-likeness (QED) is 0.440. The third-order valence-electron chi connectivity index (χ3n) is 2.95. The molecule has 2 rings (SSSR count). The average Bonchev–Trinajstić information content (AvgIpc) is 2.61. The highest BCUT2D eigenvalue weighted by Crippen LogP contribution is 2.24. The standard InChI is InChI=1S/C15H15N5O4S/c1-2-13(21)17-12-7-8-15(19-18-12)25-9-14(22)16-10-5-3-4-6-11(10)20(23)24/h3-8H,2,9H2,1H3,(H,16,22)(H,17,18,21). The van der Waals surface area contributed by atoms with Crippen LogP contribution in [0.15, 0.2) is 41.4 Å². The van der Waals surface area contributed by atoms with Gasteiger partial charge in [0.25, 0.3) is 5.69 Å². The summed E-state index contributed by atoms with van der Waals surface area (Å²) in [7, 11) is 0. The van der Waals surface area contributed by atoms with Crippen LogP contribution in [0.2, 0.25) is 0 Å². The van der Waals surface area contributed by atoms with Gasteiger partial charge in [-0.2, -0.15) is 0 Å². The SMILES string of the molecule is CCC(=O)Nc1ccc(SCC(=O)Nc2ccccc2[N+](=O)[O-])nn1. The lowest BCUT2D eigenvalue weighted by Gasteiger charge is -2.06. The van der Waals surface area contributed by atoms with Crippen LogP contribution >= 0.6 is 11.8 Å². The monoisotopic (exact) mass is 361 g/mol. The first-order valence-corrected chi connectivity index (χ1v) is 8.27. The molecule has 2 aromatic rings. The molecular weight excluding hydrogens is 346 g/mol. The Bertz CT molecular complexity index is 782. The third-order valence-corrected chi connectivity index (χ3v) is 3.87. The molecule has 2 N–H and O–H groups in total. The minimum atomic E-state index is -0.558. The number of anilines is 2. The van der Waals surface area contributed by atoms with Gasteiger partial charge in [-0.15, -0.1) is 10.2 Å². The molecule has 0 aliphatic rings. The highest BCUT2D eigenvalue weighted by Gasteiger charge is 2.15. The molecule has 2 amide bonds. The van der Waals surface area contributed by atoms with Crippen molar-refractivity contribution in [3.05, 3.63) is 46.5 Å². The van der Waals surface area contributed by atoms with E-state index in [-0.39, 0.29) is 23.0 Å². The zero-order valence-corrected chi connectivity index (χ0v) is 14.1. The number of nitrogens with one attached hydrogen (secondary N) is 2. The Morgan fingerprint density at radius 2 is 1.88 bits per heavy atom. The van der Waals surface area contributed by atoms with Gasteiger partial charge in [0.2, 0.25) is 11.8 Å². The molecule has 0 aliphatic heterocycles. The molecule has 9 nitrogen and oxygen atoms in total. The maximum Gasteiger partial charge on any atom is 0.292 e. The topological polar surface area (TPSA) is 127 Å². The van der Waals surface area contributed by atoms with Crippen LogP contribution in [0.3, 0.4) is 0 Å². The van der Waals surface area contributed by atoms with Crippen LogP contribution in [0, 0.1) is 10.1 Å². The Morgan fingerprint density at radius 3 is 2.52 bits per heavy atom. The van der Waals surface area contributed by atoms with Gasteiger partial charge in [0.1, 0.15) is 10.7 Å². The van der Waals surface area contributed by atoms with Gasteiger partial charge in [-0.1, -0.05) is 30.8 Å². The number of nitrogens with zero attached hydrogens (tertiary/aromatic N) is 3. The van der Waals surface area contributed by atoms with Crippen molar-refractivity contribution < 1.29 is 14.5 Å². The number of benzene rings is 1. The minimum Gasteiger partial charge on any atom is -0.320 e. The van der Waals surface area contributed by atoms with E-state index in [2.05, 4.69) is 20.8 Å². The van der Waals surface area contributed by atoms with E-state index in [4.69, 9.17) is 0 Å². The first kappa shape index (κ1) is 18.3. The second-order valence-corrected chi connectivity index (χ2v) is 5.77. The maximum atomic E-state index is 12.0. The van der Waals surface area contributed by atoms with E-state index in [9.17, 15) is 19.7 Å². The number of aromatic nitrogens is 2. The number of carbonyl (C=O) groups excluding carboxylic acids is 2. The van der Waals surface area contributed by atoms with Crippen molar-refractivity contribution in [1.29, 1.82) is 0 Å². The Morgan fingerprint density at radius 1 is 1.12 bits per heavy atom. The fourth-order valence-corrected chi connectivity index (χ4v) is 2.37. The predicted molar refractivity (Wildman–Crippen MR) is 93.4 cm³/mol. The molecule has 0 radical (unpaired) electrons. The lowest BCUT2D eigenvalue weighted by molar-refractivity contribution is -0.383. The largest absolute Gasteiger partial charge is 0.320 e. The smallest absolute Gasteiger partial charge is 0.292 e. The summed E-state index contributed by atoms with van der Waals surface area (Å²) in [5.41, 5.74) is -0.0292. The van der Waals surface area contributed by atoms with Crippen molar-refractivity contribution in [2.75, 3.05) is 16.4 Å². The lowest BCUT2D eigenvalue weighted by atomic mass is 10.2. The van der Waals surface area contributed by atoms with E-state index >= 15 is 0 Å². The van der Waals surface area contributed by atoms with Gasteiger partial charge in [0.15, 0.2) is 5.82 Å². The van der Waals surface area contributed by atoms with Gasteiger partial charge in [0, 0.05) is 12.5 Å². The predicted octanol–water partition coefficient (Wildman–Crippen LogP) is 2.46. The molecule has 130 valence electrons. The van der Waals surface area contributed by atoms with Gasteiger partial charge in [-0.05, 0) is 18.2 Å². The van der Waals surface area contributed by atoms with Gasteiger partial charge in [-0.3, -0.25) is 19.7 Å². The van der Waals surface area contributed by atoms with E-state index in [0.29, 0.717) is 17.3 Å². The zero-order chi connectivity index (χ0) is 18.2. The first-order chi connectivity index (χ1) is 12.0. The van der Waals surface area contributed by atoms with Crippen LogP contribution < -0.4 is 10.6 Å². The Hall–Kier alpha value is -3.01. The number of hydrogen-bond donors (Lipinski definition) is 2. The van der Waals surface area contributed by atoms with E-state index in [1.165, 1.54) is 18.2 Å². The first-order valence-electron chi connectivity index (χ1n) is 7.29. The second kappa shape index (κ2) is 8.73. The van der Waals surface area contributed by atoms with Crippen LogP contribution in [0.5, 0.6) is 0 Å². The molecule has 0 fully saturated rings. The summed E-state index contributed by atoms with van der Waals surface area (Å²) in [6.07, 6.45) is 0.337. The Labute approximate surface area is 147 Å². The lowest BCUT2D eigenvalue weighted by Crippen LogP contribution is -2.15. The fraction of sp³-hybridized carbons (Fsp3) is 0.200. The normalized spacial score (nSPS) is 10.1. The van der Waals surface area contributed by atoms with E-state index in [1.807, 2.05) is 0 Å². The molecule has 0 saturated heterocycles. The number of para-hydroxylation sites is 2. The van der Waals surface area contributed by atoms with Gasteiger partial charge in [0.05, 0.1) is 10.7 Å². The van der Waals surface area contributed by atoms with Crippen LogP contribution in [0.25, 0.3) is 0 Å². The van der Waals surface area contributed by atoms with Gasteiger partial charge >= 0.3 is 0 Å². The van der Waals surface area contributed by atoms with E-state index in [0.717, 1.165) is 11.8 Å². The number of hydrogen-bond acceptors (Lipinski definition) is 7. The third kappa shape index (κ3) is 5.53. The van der Waals surface area contributed by atoms with E-state index in [1.54, 1.807) is 25.1 Å². The number of thioether (sulfide) groups is 1. The van der Waals surface area contributed by atoms with E-state index < -0.39 is 10.8 Å². The maximum absolute atomic E-state index is 12.0. The molecule has 0 unspecified atom stereocenters. The molecule has 0 atom stereocenters. The van der Waals surface area contributed by atoms with Crippen molar-refractivity contribution in [2.45, 2.75) is 18.4 Å². The molecular formula is C15H15N5O4S. The van der Waals surface area contributed by atoms with Crippen molar-refractivity contribution >= 4 is 40.8 Å². The molecule has 0 bridgehead atoms. The summed E-state index contributed by atoms with van der Waals surface area (Å²) in [4.78, 5) is 33.6. The summed E-state index contributed by atoms with van der Waals surface area (Å²) >= 11 is 1.13.